The SMILES string of the molecule is C[C@@]12CC[C@]3(CCC[C@]34CC[C@H]1C(=O)O4)O2. The number of ether oxygens (including phenoxy) is 2. The first kappa shape index (κ1) is 9.46. The monoisotopic (exact) mass is 222 g/mol. The van der Waals surface area contributed by atoms with Crippen LogP contribution in [0.25, 0.3) is 0 Å². The highest BCUT2D eigenvalue weighted by molar-refractivity contribution is 5.76. The molecular weight excluding hydrogens is 204 g/mol. The smallest absolute Gasteiger partial charge is 0.312 e. The van der Waals surface area contributed by atoms with E-state index in [4.69, 9.17) is 9.47 Å². The summed E-state index contributed by atoms with van der Waals surface area (Å²) in [5, 5.41) is 0. The van der Waals surface area contributed by atoms with Gasteiger partial charge in [-0.3, -0.25) is 4.79 Å². The average Bonchev–Trinajstić information content (AvgIpc) is 2.68. The summed E-state index contributed by atoms with van der Waals surface area (Å²) in [5.74, 6) is 0.000301. The van der Waals surface area contributed by atoms with Gasteiger partial charge in [0, 0.05) is 0 Å². The van der Waals surface area contributed by atoms with Crippen LogP contribution in [-0.2, 0) is 14.3 Å². The molecule has 4 saturated heterocycles. The minimum Gasteiger partial charge on any atom is -0.456 e. The second-order valence-corrected chi connectivity index (χ2v) is 6.27. The van der Waals surface area contributed by atoms with Crippen molar-refractivity contribution in [2.75, 3.05) is 0 Å². The number of esters is 1. The zero-order valence-corrected chi connectivity index (χ0v) is 9.75. The lowest BCUT2D eigenvalue weighted by molar-refractivity contribution is -0.190. The Balaban J connectivity index is 1.92. The second kappa shape index (κ2) is 2.47. The van der Waals surface area contributed by atoms with E-state index in [1.807, 2.05) is 0 Å². The van der Waals surface area contributed by atoms with Gasteiger partial charge in [0.15, 0.2) is 0 Å². The van der Waals surface area contributed by atoms with Gasteiger partial charge in [0.1, 0.15) is 11.2 Å². The number of hydrogen-bond acceptors (Lipinski definition) is 3. The van der Waals surface area contributed by atoms with Crippen LogP contribution < -0.4 is 0 Å². The van der Waals surface area contributed by atoms with Crippen molar-refractivity contribution >= 4 is 5.97 Å². The van der Waals surface area contributed by atoms with Crippen LogP contribution in [-0.4, -0.2) is 22.8 Å². The van der Waals surface area contributed by atoms with Gasteiger partial charge in [-0.05, 0) is 51.9 Å². The number of carbonyl (C=O) groups excluding carboxylic acids is 1. The Labute approximate surface area is 95.5 Å². The van der Waals surface area contributed by atoms with Crippen LogP contribution in [0.1, 0.15) is 51.9 Å². The van der Waals surface area contributed by atoms with E-state index in [1.54, 1.807) is 0 Å². The Hall–Kier alpha value is -0.570. The van der Waals surface area contributed by atoms with E-state index in [0.717, 1.165) is 44.9 Å². The maximum Gasteiger partial charge on any atom is 0.312 e. The van der Waals surface area contributed by atoms with Crippen LogP contribution in [0.2, 0.25) is 0 Å². The molecule has 4 heterocycles. The summed E-state index contributed by atoms with van der Waals surface area (Å²) in [6.07, 6.45) is 7.37. The third-order valence-corrected chi connectivity index (χ3v) is 5.60. The molecule has 0 aromatic carbocycles. The van der Waals surface area contributed by atoms with Gasteiger partial charge in [0.05, 0.1) is 11.5 Å². The zero-order chi connectivity index (χ0) is 11.0. The van der Waals surface area contributed by atoms with Crippen molar-refractivity contribution < 1.29 is 14.3 Å². The summed E-state index contributed by atoms with van der Waals surface area (Å²) in [4.78, 5) is 12.1. The van der Waals surface area contributed by atoms with Crippen molar-refractivity contribution in [1.29, 1.82) is 0 Å². The quantitative estimate of drug-likeness (QED) is 0.589. The van der Waals surface area contributed by atoms with Crippen LogP contribution in [0.4, 0.5) is 0 Å². The van der Waals surface area contributed by atoms with E-state index in [-0.39, 0.29) is 28.7 Å². The Kier molecular flexibility index (Phi) is 1.46. The summed E-state index contributed by atoms with van der Waals surface area (Å²) in [5.41, 5.74) is -0.614. The Morgan fingerprint density at radius 3 is 2.75 bits per heavy atom. The van der Waals surface area contributed by atoms with E-state index < -0.39 is 0 Å². The molecule has 4 aliphatic heterocycles. The van der Waals surface area contributed by atoms with E-state index in [0.29, 0.717) is 0 Å². The first-order chi connectivity index (χ1) is 7.59. The molecule has 3 nitrogen and oxygen atoms in total. The summed E-state index contributed by atoms with van der Waals surface area (Å²) in [7, 11) is 0. The van der Waals surface area contributed by atoms with Gasteiger partial charge >= 0.3 is 5.97 Å². The Morgan fingerprint density at radius 1 is 1.12 bits per heavy atom. The molecule has 2 spiro atoms. The summed E-state index contributed by atoms with van der Waals surface area (Å²) >= 11 is 0. The van der Waals surface area contributed by atoms with Crippen molar-refractivity contribution in [3.8, 4) is 0 Å². The molecule has 0 N–H and O–H groups in total. The van der Waals surface area contributed by atoms with Crippen molar-refractivity contribution in [3.63, 3.8) is 0 Å². The molecule has 5 rings (SSSR count). The Morgan fingerprint density at radius 2 is 1.94 bits per heavy atom. The van der Waals surface area contributed by atoms with E-state index in [2.05, 4.69) is 6.92 Å². The average molecular weight is 222 g/mol. The van der Waals surface area contributed by atoms with Crippen LogP contribution in [0.15, 0.2) is 0 Å². The number of carbonyl (C=O) groups is 1. The Bertz CT molecular complexity index is 379. The molecule has 0 aromatic rings. The lowest BCUT2D eigenvalue weighted by Gasteiger charge is -2.43. The van der Waals surface area contributed by atoms with Gasteiger partial charge in [-0.15, -0.1) is 0 Å². The molecule has 1 aliphatic carbocycles. The highest BCUT2D eigenvalue weighted by Gasteiger charge is 2.71. The lowest BCUT2D eigenvalue weighted by Crippen LogP contribution is -2.53. The standard InChI is InChI=1S/C13H18O3/c1-11-7-8-13(16-11)5-2-4-12(13)6-3-9(11)10(14)15-12/h9H,2-8H2,1H3/t9-,11+,12-,13-/m0/s1. The molecule has 0 radical (unpaired) electrons. The van der Waals surface area contributed by atoms with Gasteiger partial charge in [0.2, 0.25) is 0 Å². The molecule has 88 valence electrons. The third kappa shape index (κ3) is 0.816. The molecule has 5 fully saturated rings. The normalized spacial score (nSPS) is 58.3. The van der Waals surface area contributed by atoms with Crippen molar-refractivity contribution in [2.24, 2.45) is 5.92 Å². The van der Waals surface area contributed by atoms with Crippen molar-refractivity contribution in [1.82, 2.24) is 0 Å². The minimum atomic E-state index is -0.255. The predicted molar refractivity (Wildman–Crippen MR) is 56.9 cm³/mol. The van der Waals surface area contributed by atoms with Crippen molar-refractivity contribution in [2.45, 2.75) is 68.7 Å². The van der Waals surface area contributed by atoms with Crippen LogP contribution in [0, 0.1) is 5.92 Å². The summed E-state index contributed by atoms with van der Waals surface area (Å²) < 4.78 is 12.3. The zero-order valence-electron chi connectivity index (χ0n) is 9.75. The van der Waals surface area contributed by atoms with Crippen molar-refractivity contribution in [3.05, 3.63) is 0 Å². The van der Waals surface area contributed by atoms with Gasteiger partial charge < -0.3 is 9.47 Å². The number of fused-ring (bicyclic) bond motifs is 2. The molecule has 0 aromatic heterocycles. The molecule has 0 amide bonds. The van der Waals surface area contributed by atoms with E-state index in [9.17, 15) is 4.79 Å². The highest BCUT2D eigenvalue weighted by Crippen LogP contribution is 2.63. The third-order valence-electron chi connectivity index (χ3n) is 5.60. The van der Waals surface area contributed by atoms with Gasteiger partial charge in [-0.25, -0.2) is 0 Å². The molecule has 3 heteroatoms. The fourth-order valence-electron chi connectivity index (χ4n) is 4.72. The maximum atomic E-state index is 12.1. The first-order valence-electron chi connectivity index (χ1n) is 6.52. The number of rotatable bonds is 0. The molecule has 4 bridgehead atoms. The second-order valence-electron chi connectivity index (χ2n) is 6.27. The predicted octanol–water partition coefficient (Wildman–Crippen LogP) is 2.18. The maximum absolute atomic E-state index is 12.1. The van der Waals surface area contributed by atoms with Gasteiger partial charge in [-0.1, -0.05) is 0 Å². The molecular formula is C13H18O3. The van der Waals surface area contributed by atoms with E-state index >= 15 is 0 Å². The molecule has 4 atom stereocenters. The van der Waals surface area contributed by atoms with Gasteiger partial charge in [-0.2, -0.15) is 0 Å². The largest absolute Gasteiger partial charge is 0.456 e. The topological polar surface area (TPSA) is 35.5 Å². The highest BCUT2D eigenvalue weighted by atomic mass is 16.6. The number of hydrogen-bond donors (Lipinski definition) is 0. The molecule has 16 heavy (non-hydrogen) atoms. The fourth-order valence-corrected chi connectivity index (χ4v) is 4.72. The molecule has 5 aliphatic rings. The lowest BCUT2D eigenvalue weighted by atomic mass is 9.71. The minimum absolute atomic E-state index is 0.0110. The first-order valence-corrected chi connectivity index (χ1v) is 6.52. The van der Waals surface area contributed by atoms with Crippen LogP contribution in [0.5, 0.6) is 0 Å². The molecule has 0 unspecified atom stereocenters. The van der Waals surface area contributed by atoms with Gasteiger partial charge in [0.25, 0.3) is 0 Å². The van der Waals surface area contributed by atoms with E-state index in [1.165, 1.54) is 0 Å². The molecule has 1 saturated carbocycles. The van der Waals surface area contributed by atoms with Crippen LogP contribution in [0.3, 0.4) is 0 Å². The summed E-state index contributed by atoms with van der Waals surface area (Å²) in [6, 6.07) is 0. The fraction of sp³-hybridized carbons (Fsp3) is 0.923. The van der Waals surface area contributed by atoms with Crippen LogP contribution >= 0.6 is 0 Å². The summed E-state index contributed by atoms with van der Waals surface area (Å²) in [6.45, 7) is 2.12.